The van der Waals surface area contributed by atoms with Crippen LogP contribution in [0.4, 0.5) is 0 Å². The maximum absolute atomic E-state index is 3.56. The summed E-state index contributed by atoms with van der Waals surface area (Å²) in [6.07, 6.45) is 0. The second kappa shape index (κ2) is 15.7. The van der Waals surface area contributed by atoms with Gasteiger partial charge in [-0.2, -0.15) is 23.4 Å². The zero-order valence-corrected chi connectivity index (χ0v) is 6.83. The molecule has 0 radical (unpaired) electrons. The monoisotopic (exact) mass is 264 g/mol. The zero-order chi connectivity index (χ0) is 3.58. The first-order valence-electron chi connectivity index (χ1n) is 1.35. The Labute approximate surface area is 96.7 Å². The second-order valence-corrected chi connectivity index (χ2v) is 1.21. The predicted molar refractivity (Wildman–Crippen MR) is 50.5 cm³/mol. The van der Waals surface area contributed by atoms with Crippen LogP contribution in [-0.2, 0) is 0 Å². The molecular formula is C4H15BaPS. The predicted octanol–water partition coefficient (Wildman–Crippen LogP) is 0.837. The van der Waals surface area contributed by atoms with E-state index in [2.05, 4.69) is 6.58 Å². The van der Waals surface area contributed by atoms with Crippen molar-refractivity contribution in [3.05, 3.63) is 12.2 Å². The first-order valence-corrected chi connectivity index (χ1v) is 1.35. The third-order valence-electron chi connectivity index (χ3n) is 0. The summed E-state index contributed by atoms with van der Waals surface area (Å²) in [5.74, 6) is 0. The number of hydrogen-bond acceptors (Lipinski definition) is 0. The summed E-state index contributed by atoms with van der Waals surface area (Å²) in [6.45, 7) is 7.50. The van der Waals surface area contributed by atoms with Gasteiger partial charge in [0, 0.05) is 0 Å². The molecule has 0 saturated heterocycles. The van der Waals surface area contributed by atoms with Crippen molar-refractivity contribution in [3.63, 3.8) is 0 Å². The first-order chi connectivity index (χ1) is 1.73. The van der Waals surface area contributed by atoms with Crippen molar-refractivity contribution in [2.45, 2.75) is 13.8 Å². The number of hydrogen-bond donors (Lipinski definition) is 0. The normalized spacial score (nSPS) is 3.71. The summed E-state index contributed by atoms with van der Waals surface area (Å²) < 4.78 is 0. The van der Waals surface area contributed by atoms with Crippen LogP contribution >= 0.6 is 23.4 Å². The molecule has 44 valence electrons. The zero-order valence-electron chi connectivity index (χ0n) is 4.41. The molecule has 7 heavy (non-hydrogen) atoms. The van der Waals surface area contributed by atoms with Crippen molar-refractivity contribution in [1.29, 1.82) is 0 Å². The standard InChI is InChI=1S/C4H8.Ba.H3P.H2S.2H/c1-4(2)3;;;;;/h1H2,2-3H3;;1H3;1H2;;. The van der Waals surface area contributed by atoms with Gasteiger partial charge in [0.2, 0.25) is 0 Å². The van der Waals surface area contributed by atoms with Crippen LogP contribution in [0.3, 0.4) is 0 Å². The van der Waals surface area contributed by atoms with Crippen molar-refractivity contribution in [3.8, 4) is 0 Å². The fourth-order valence-electron chi connectivity index (χ4n) is 0. The van der Waals surface area contributed by atoms with E-state index in [4.69, 9.17) is 0 Å². The summed E-state index contributed by atoms with van der Waals surface area (Å²) in [5.41, 5.74) is 1.17. The topological polar surface area (TPSA) is 0 Å². The summed E-state index contributed by atoms with van der Waals surface area (Å²) in [4.78, 5) is 0. The van der Waals surface area contributed by atoms with Crippen LogP contribution in [0, 0.1) is 0 Å². The van der Waals surface area contributed by atoms with Crippen LogP contribution in [0.15, 0.2) is 12.2 Å². The van der Waals surface area contributed by atoms with Gasteiger partial charge >= 0.3 is 48.9 Å². The molecule has 0 fully saturated rings. The molecule has 0 N–H and O–H groups in total. The van der Waals surface area contributed by atoms with Gasteiger partial charge in [-0.15, -0.1) is 6.58 Å². The molecule has 0 aliphatic carbocycles. The Morgan fingerprint density at radius 3 is 1.29 bits per heavy atom. The number of allylic oxidation sites excluding steroid dienone is 1. The average Bonchev–Trinajstić information content (AvgIpc) is 0.811. The molecule has 0 bridgehead atoms. The van der Waals surface area contributed by atoms with Crippen LogP contribution in [0.25, 0.3) is 0 Å². The summed E-state index contributed by atoms with van der Waals surface area (Å²) in [6, 6.07) is 0. The van der Waals surface area contributed by atoms with Crippen LogP contribution in [0.5, 0.6) is 0 Å². The van der Waals surface area contributed by atoms with Gasteiger partial charge in [-0.25, -0.2) is 0 Å². The van der Waals surface area contributed by atoms with E-state index in [1.54, 1.807) is 0 Å². The van der Waals surface area contributed by atoms with E-state index in [0.29, 0.717) is 0 Å². The molecule has 0 aromatic heterocycles. The van der Waals surface area contributed by atoms with Gasteiger partial charge in [0.15, 0.2) is 0 Å². The summed E-state index contributed by atoms with van der Waals surface area (Å²) >= 11 is 0. The Hall–Kier alpha value is 2.09. The fourth-order valence-corrected chi connectivity index (χ4v) is 0. The van der Waals surface area contributed by atoms with E-state index in [1.807, 2.05) is 13.8 Å². The van der Waals surface area contributed by atoms with Crippen molar-refractivity contribution in [1.82, 2.24) is 0 Å². The van der Waals surface area contributed by atoms with Gasteiger partial charge in [0.25, 0.3) is 0 Å². The van der Waals surface area contributed by atoms with Gasteiger partial charge in [0.05, 0.1) is 0 Å². The molecule has 1 atom stereocenters. The molecular weight excluding hydrogens is 248 g/mol. The number of rotatable bonds is 0. The van der Waals surface area contributed by atoms with E-state index in [1.165, 1.54) is 5.57 Å². The summed E-state index contributed by atoms with van der Waals surface area (Å²) in [5, 5.41) is 0. The van der Waals surface area contributed by atoms with Crippen molar-refractivity contribution in [2.24, 2.45) is 0 Å². The molecule has 0 nitrogen and oxygen atoms in total. The van der Waals surface area contributed by atoms with Gasteiger partial charge in [0.1, 0.15) is 0 Å². The summed E-state index contributed by atoms with van der Waals surface area (Å²) in [7, 11) is 0. The molecule has 0 aliphatic rings. The Morgan fingerprint density at radius 1 is 1.29 bits per heavy atom. The second-order valence-electron chi connectivity index (χ2n) is 1.21. The minimum atomic E-state index is 0. The SMILES string of the molecule is C=C(C)C.P.S.[BaH2]. The van der Waals surface area contributed by atoms with Crippen LogP contribution < -0.4 is 0 Å². The van der Waals surface area contributed by atoms with Gasteiger partial charge in [-0.3, -0.25) is 0 Å². The third-order valence-corrected chi connectivity index (χ3v) is 0. The van der Waals surface area contributed by atoms with E-state index in [-0.39, 0.29) is 72.3 Å². The molecule has 0 saturated carbocycles. The molecule has 0 spiro atoms. The van der Waals surface area contributed by atoms with Crippen molar-refractivity contribution >= 4 is 72.3 Å². The van der Waals surface area contributed by atoms with E-state index in [9.17, 15) is 0 Å². The minimum absolute atomic E-state index is 0. The first kappa shape index (κ1) is 23.0. The molecule has 0 amide bonds. The molecule has 0 aliphatic heterocycles. The molecule has 0 heterocycles. The van der Waals surface area contributed by atoms with Crippen LogP contribution in [-0.4, -0.2) is 48.9 Å². The Balaban J connectivity index is -0.0000000150. The Bertz CT molecular complexity index is 34.7. The maximum atomic E-state index is 3.56. The van der Waals surface area contributed by atoms with Crippen LogP contribution in [0.1, 0.15) is 13.8 Å². The van der Waals surface area contributed by atoms with Crippen molar-refractivity contribution < 1.29 is 0 Å². The van der Waals surface area contributed by atoms with Gasteiger partial charge < -0.3 is 0 Å². The quantitative estimate of drug-likeness (QED) is 0.345. The molecule has 0 aromatic carbocycles. The Kier molecular flexibility index (Phi) is 51.5. The fraction of sp³-hybridized carbons (Fsp3) is 0.500. The molecule has 0 rings (SSSR count). The average molecular weight is 264 g/mol. The molecule has 3 heteroatoms. The van der Waals surface area contributed by atoms with E-state index >= 15 is 0 Å². The van der Waals surface area contributed by atoms with Crippen molar-refractivity contribution in [2.75, 3.05) is 0 Å². The van der Waals surface area contributed by atoms with E-state index in [0.717, 1.165) is 0 Å². The third kappa shape index (κ3) is 68.6. The van der Waals surface area contributed by atoms with Gasteiger partial charge in [-0.1, -0.05) is 5.57 Å². The van der Waals surface area contributed by atoms with Gasteiger partial charge in [-0.05, 0) is 13.8 Å². The van der Waals surface area contributed by atoms with Crippen LogP contribution in [0.2, 0.25) is 0 Å². The Morgan fingerprint density at radius 2 is 1.29 bits per heavy atom. The molecule has 1 unspecified atom stereocenters. The van der Waals surface area contributed by atoms with E-state index < -0.39 is 0 Å². The molecule has 0 aromatic rings.